The average Bonchev–Trinajstić information content (AvgIpc) is 2.33. The Balaban J connectivity index is 2.75. The lowest BCUT2D eigenvalue weighted by molar-refractivity contribution is -0.120. The van der Waals surface area contributed by atoms with Crippen molar-refractivity contribution in [2.75, 3.05) is 31.3 Å². The van der Waals surface area contributed by atoms with Crippen LogP contribution in [-0.4, -0.2) is 32.7 Å². The van der Waals surface area contributed by atoms with Crippen LogP contribution in [0.3, 0.4) is 0 Å². The topological polar surface area (TPSA) is 67.6 Å². The summed E-state index contributed by atoms with van der Waals surface area (Å²) in [4.78, 5) is 13.2. The van der Waals surface area contributed by atoms with Gasteiger partial charge in [0.15, 0.2) is 0 Å². The normalized spacial score (nSPS) is 10.4. The highest BCUT2D eigenvalue weighted by molar-refractivity contribution is 5.76. The molecule has 19 heavy (non-hydrogen) atoms. The van der Waals surface area contributed by atoms with Gasteiger partial charge in [0.1, 0.15) is 5.75 Å². The first-order valence-electron chi connectivity index (χ1n) is 6.41. The van der Waals surface area contributed by atoms with Gasteiger partial charge < -0.3 is 20.7 Å². The Kier molecular flexibility index (Phi) is 5.48. The Labute approximate surface area is 114 Å². The van der Waals surface area contributed by atoms with E-state index in [-0.39, 0.29) is 12.0 Å². The van der Waals surface area contributed by atoms with Crippen molar-refractivity contribution >= 4 is 17.3 Å². The van der Waals surface area contributed by atoms with Crippen molar-refractivity contribution in [1.29, 1.82) is 0 Å². The van der Waals surface area contributed by atoms with Gasteiger partial charge in [-0.25, -0.2) is 0 Å². The van der Waals surface area contributed by atoms with Crippen molar-refractivity contribution in [3.8, 4) is 5.75 Å². The Morgan fingerprint density at radius 3 is 2.68 bits per heavy atom. The number of carbonyl (C=O) groups excluding carboxylic acids is 1. The number of benzene rings is 1. The van der Waals surface area contributed by atoms with Gasteiger partial charge in [-0.3, -0.25) is 4.79 Å². The van der Waals surface area contributed by atoms with Crippen molar-refractivity contribution in [3.05, 3.63) is 18.2 Å². The summed E-state index contributed by atoms with van der Waals surface area (Å²) in [5.41, 5.74) is 7.47. The maximum atomic E-state index is 11.2. The van der Waals surface area contributed by atoms with Gasteiger partial charge in [-0.1, -0.05) is 0 Å². The van der Waals surface area contributed by atoms with Gasteiger partial charge in [-0.2, -0.15) is 0 Å². The van der Waals surface area contributed by atoms with E-state index >= 15 is 0 Å². The lowest BCUT2D eigenvalue weighted by atomic mass is 10.2. The third-order valence-electron chi connectivity index (χ3n) is 2.68. The summed E-state index contributed by atoms with van der Waals surface area (Å²) in [7, 11) is 3.56. The predicted octanol–water partition coefficient (Wildman–Crippen LogP) is 1.63. The molecular formula is C14H23N3O2. The van der Waals surface area contributed by atoms with E-state index in [9.17, 15) is 4.79 Å². The maximum absolute atomic E-state index is 11.2. The third-order valence-corrected chi connectivity index (χ3v) is 2.68. The molecule has 0 aliphatic rings. The smallest absolute Gasteiger partial charge is 0.221 e. The molecule has 106 valence electrons. The molecule has 0 spiro atoms. The number of amides is 1. The summed E-state index contributed by atoms with van der Waals surface area (Å²) in [5.74, 6) is 0.770. The number of anilines is 2. The Hall–Kier alpha value is -1.91. The van der Waals surface area contributed by atoms with Crippen LogP contribution in [0, 0.1) is 0 Å². The molecule has 1 amide bonds. The zero-order valence-corrected chi connectivity index (χ0v) is 12.1. The van der Waals surface area contributed by atoms with Crippen molar-refractivity contribution < 1.29 is 9.53 Å². The zero-order chi connectivity index (χ0) is 14.4. The minimum absolute atomic E-state index is 0.0226. The molecular weight excluding hydrogens is 242 g/mol. The van der Waals surface area contributed by atoms with Crippen LogP contribution in [-0.2, 0) is 4.79 Å². The van der Waals surface area contributed by atoms with E-state index in [1.165, 1.54) is 0 Å². The van der Waals surface area contributed by atoms with E-state index in [2.05, 4.69) is 5.32 Å². The Morgan fingerprint density at radius 1 is 1.42 bits per heavy atom. The number of nitrogens with one attached hydrogen (secondary N) is 1. The van der Waals surface area contributed by atoms with Gasteiger partial charge in [0.25, 0.3) is 0 Å². The lowest BCUT2D eigenvalue weighted by Crippen LogP contribution is -2.26. The first-order valence-corrected chi connectivity index (χ1v) is 6.41. The van der Waals surface area contributed by atoms with Crippen LogP contribution in [0.15, 0.2) is 18.2 Å². The summed E-state index contributed by atoms with van der Waals surface area (Å²) < 4.78 is 5.65. The molecule has 5 nitrogen and oxygen atoms in total. The number of rotatable bonds is 6. The van der Waals surface area contributed by atoms with Crippen LogP contribution in [0.25, 0.3) is 0 Å². The monoisotopic (exact) mass is 265 g/mol. The highest BCUT2D eigenvalue weighted by Gasteiger charge is 2.08. The van der Waals surface area contributed by atoms with Crippen LogP contribution >= 0.6 is 0 Å². The van der Waals surface area contributed by atoms with E-state index in [0.29, 0.717) is 18.7 Å². The highest BCUT2D eigenvalue weighted by atomic mass is 16.5. The van der Waals surface area contributed by atoms with Gasteiger partial charge >= 0.3 is 0 Å². The standard InChI is InChI=1S/C14H23N3O2/c1-10(2)19-13-8-11(15)7-12(9-13)17(4)6-5-14(18)16-3/h7-10H,5-6,15H2,1-4H3,(H,16,18). The second-order valence-electron chi connectivity index (χ2n) is 4.77. The van der Waals surface area contributed by atoms with Crippen molar-refractivity contribution in [3.63, 3.8) is 0 Å². The lowest BCUT2D eigenvalue weighted by Gasteiger charge is -2.21. The number of nitrogens with zero attached hydrogens (tertiary/aromatic N) is 1. The Bertz CT molecular complexity index is 433. The summed E-state index contributed by atoms with van der Waals surface area (Å²) in [5, 5.41) is 2.61. The molecule has 0 heterocycles. The summed E-state index contributed by atoms with van der Waals surface area (Å²) >= 11 is 0. The van der Waals surface area contributed by atoms with E-state index in [4.69, 9.17) is 10.5 Å². The number of hydrogen-bond donors (Lipinski definition) is 2. The molecule has 0 fully saturated rings. The fourth-order valence-corrected chi connectivity index (χ4v) is 1.69. The largest absolute Gasteiger partial charge is 0.491 e. The fraction of sp³-hybridized carbons (Fsp3) is 0.500. The summed E-state index contributed by atoms with van der Waals surface area (Å²) in [6.07, 6.45) is 0.549. The van der Waals surface area contributed by atoms with Gasteiger partial charge in [0, 0.05) is 50.6 Å². The first kappa shape index (κ1) is 15.1. The molecule has 0 aromatic heterocycles. The maximum Gasteiger partial charge on any atom is 0.221 e. The second-order valence-corrected chi connectivity index (χ2v) is 4.77. The number of ether oxygens (including phenoxy) is 1. The summed E-state index contributed by atoms with van der Waals surface area (Å²) in [6, 6.07) is 5.60. The molecule has 0 saturated carbocycles. The van der Waals surface area contributed by atoms with Gasteiger partial charge in [-0.15, -0.1) is 0 Å². The fourth-order valence-electron chi connectivity index (χ4n) is 1.69. The van der Waals surface area contributed by atoms with E-state index in [1.54, 1.807) is 13.1 Å². The van der Waals surface area contributed by atoms with Gasteiger partial charge in [0.2, 0.25) is 5.91 Å². The van der Waals surface area contributed by atoms with E-state index in [1.807, 2.05) is 37.9 Å². The average molecular weight is 265 g/mol. The van der Waals surface area contributed by atoms with Crippen molar-refractivity contribution in [1.82, 2.24) is 5.32 Å². The highest BCUT2D eigenvalue weighted by Crippen LogP contribution is 2.25. The Morgan fingerprint density at radius 2 is 2.11 bits per heavy atom. The SMILES string of the molecule is CNC(=O)CCN(C)c1cc(N)cc(OC(C)C)c1. The van der Waals surface area contributed by atoms with Crippen LogP contribution in [0.2, 0.25) is 0 Å². The van der Waals surface area contributed by atoms with Crippen LogP contribution < -0.4 is 20.7 Å². The molecule has 1 aromatic carbocycles. The van der Waals surface area contributed by atoms with Crippen LogP contribution in [0.1, 0.15) is 20.3 Å². The predicted molar refractivity (Wildman–Crippen MR) is 78.6 cm³/mol. The molecule has 0 aliphatic carbocycles. The van der Waals surface area contributed by atoms with Crippen molar-refractivity contribution in [2.24, 2.45) is 0 Å². The molecule has 0 bridgehead atoms. The quantitative estimate of drug-likeness (QED) is 0.767. The van der Waals surface area contributed by atoms with Gasteiger partial charge in [0.05, 0.1) is 6.10 Å². The third kappa shape index (κ3) is 5.07. The molecule has 5 heteroatoms. The van der Waals surface area contributed by atoms with E-state index < -0.39 is 0 Å². The molecule has 1 rings (SSSR count). The molecule has 3 N–H and O–H groups in total. The molecule has 0 atom stereocenters. The number of nitrogens with two attached hydrogens (primary N) is 1. The zero-order valence-electron chi connectivity index (χ0n) is 12.1. The molecule has 0 radical (unpaired) electrons. The van der Waals surface area contributed by atoms with Crippen LogP contribution in [0.5, 0.6) is 5.75 Å². The van der Waals surface area contributed by atoms with E-state index in [0.717, 1.165) is 11.4 Å². The van der Waals surface area contributed by atoms with Crippen LogP contribution in [0.4, 0.5) is 11.4 Å². The van der Waals surface area contributed by atoms with Gasteiger partial charge in [-0.05, 0) is 19.9 Å². The van der Waals surface area contributed by atoms with Crippen molar-refractivity contribution in [2.45, 2.75) is 26.4 Å². The molecule has 0 aliphatic heterocycles. The minimum atomic E-state index is 0.0226. The number of hydrogen-bond acceptors (Lipinski definition) is 4. The molecule has 0 saturated heterocycles. The number of carbonyl (C=O) groups is 1. The molecule has 0 unspecified atom stereocenters. The first-order chi connectivity index (χ1) is 8.92. The summed E-state index contributed by atoms with van der Waals surface area (Å²) in [6.45, 7) is 4.57. The molecule has 1 aromatic rings. The minimum Gasteiger partial charge on any atom is -0.491 e. The number of nitrogen functional groups attached to an aromatic ring is 1. The second kappa shape index (κ2) is 6.87.